The Morgan fingerprint density at radius 2 is 2.05 bits per heavy atom. The minimum absolute atomic E-state index is 0.218. The fourth-order valence-corrected chi connectivity index (χ4v) is 2.21. The number of hydrogen-bond donors (Lipinski definition) is 1. The first-order valence-corrected chi connectivity index (χ1v) is 6.89. The van der Waals surface area contributed by atoms with Gasteiger partial charge in [-0.1, -0.05) is 18.2 Å². The number of para-hydroxylation sites is 1. The highest BCUT2D eigenvalue weighted by molar-refractivity contribution is 5.94. The molecule has 0 bridgehead atoms. The number of aromatic nitrogens is 2. The molecule has 0 saturated carbocycles. The van der Waals surface area contributed by atoms with E-state index in [1.807, 2.05) is 30.3 Å². The molecule has 22 heavy (non-hydrogen) atoms. The van der Waals surface area contributed by atoms with Crippen LogP contribution in [-0.4, -0.2) is 23.0 Å². The monoisotopic (exact) mass is 293 g/mol. The van der Waals surface area contributed by atoms with E-state index in [-0.39, 0.29) is 5.91 Å². The Morgan fingerprint density at radius 3 is 2.91 bits per heavy atom. The van der Waals surface area contributed by atoms with Crippen LogP contribution in [0.3, 0.4) is 0 Å². The van der Waals surface area contributed by atoms with Crippen molar-refractivity contribution in [2.24, 2.45) is 0 Å². The lowest BCUT2D eigenvalue weighted by molar-refractivity contribution is 0.0946. The van der Waals surface area contributed by atoms with E-state index in [1.54, 1.807) is 31.6 Å². The van der Waals surface area contributed by atoms with Crippen LogP contribution in [0.4, 0.5) is 0 Å². The zero-order chi connectivity index (χ0) is 15.4. The van der Waals surface area contributed by atoms with E-state index in [9.17, 15) is 4.79 Å². The van der Waals surface area contributed by atoms with Gasteiger partial charge in [-0.3, -0.25) is 9.78 Å². The summed E-state index contributed by atoms with van der Waals surface area (Å²) in [5.74, 6) is 0.532. The minimum Gasteiger partial charge on any atom is -0.496 e. The highest BCUT2D eigenvalue weighted by Crippen LogP contribution is 2.17. The van der Waals surface area contributed by atoms with Crippen molar-refractivity contribution in [3.63, 3.8) is 0 Å². The van der Waals surface area contributed by atoms with Crippen LogP contribution in [0.15, 0.2) is 54.9 Å². The molecule has 0 saturated heterocycles. The molecule has 1 N–H and O–H groups in total. The van der Waals surface area contributed by atoms with Gasteiger partial charge in [0.25, 0.3) is 5.91 Å². The summed E-state index contributed by atoms with van der Waals surface area (Å²) in [4.78, 5) is 20.6. The van der Waals surface area contributed by atoms with E-state index < -0.39 is 0 Å². The van der Waals surface area contributed by atoms with Crippen LogP contribution in [0.5, 0.6) is 5.75 Å². The molecule has 0 aliphatic heterocycles. The molecular weight excluding hydrogens is 278 g/mol. The molecule has 5 nitrogen and oxygen atoms in total. The first kappa shape index (κ1) is 14.0. The summed E-state index contributed by atoms with van der Waals surface area (Å²) in [6.07, 6.45) is 3.38. The lowest BCUT2D eigenvalue weighted by atomic mass is 10.2. The van der Waals surface area contributed by atoms with Crippen LogP contribution in [0.1, 0.15) is 16.1 Å². The average Bonchev–Trinajstić information content (AvgIpc) is 2.59. The molecule has 1 amide bonds. The number of amides is 1. The maximum atomic E-state index is 12.2. The lowest BCUT2D eigenvalue weighted by Crippen LogP contribution is -2.24. The van der Waals surface area contributed by atoms with Crippen molar-refractivity contribution in [1.82, 2.24) is 15.3 Å². The van der Waals surface area contributed by atoms with E-state index in [1.165, 1.54) is 0 Å². The normalized spacial score (nSPS) is 10.4. The fourth-order valence-electron chi connectivity index (χ4n) is 2.21. The number of nitrogens with zero attached hydrogens (tertiary/aromatic N) is 2. The molecule has 0 aliphatic rings. The Kier molecular flexibility index (Phi) is 3.96. The smallest absolute Gasteiger partial charge is 0.270 e. The number of pyridine rings is 2. The summed E-state index contributed by atoms with van der Waals surface area (Å²) in [7, 11) is 1.61. The summed E-state index contributed by atoms with van der Waals surface area (Å²) in [5, 5.41) is 3.76. The predicted molar refractivity (Wildman–Crippen MR) is 83.7 cm³/mol. The Labute approximate surface area is 128 Å². The van der Waals surface area contributed by atoms with Gasteiger partial charge in [0.2, 0.25) is 0 Å². The lowest BCUT2D eigenvalue weighted by Gasteiger charge is -2.09. The molecule has 3 rings (SSSR count). The summed E-state index contributed by atoms with van der Waals surface area (Å²) in [6, 6.07) is 12.9. The van der Waals surface area contributed by atoms with E-state index in [0.717, 1.165) is 22.2 Å². The SMILES string of the molecule is COc1ccccc1CNC(=O)c1ccc2cnccc2n1. The number of hydrogen-bond acceptors (Lipinski definition) is 4. The van der Waals surface area contributed by atoms with Gasteiger partial charge in [-0.25, -0.2) is 4.98 Å². The van der Waals surface area contributed by atoms with Crippen molar-refractivity contribution in [1.29, 1.82) is 0 Å². The molecule has 1 aromatic carbocycles. The van der Waals surface area contributed by atoms with Gasteiger partial charge >= 0.3 is 0 Å². The number of ether oxygens (including phenoxy) is 1. The van der Waals surface area contributed by atoms with E-state index in [2.05, 4.69) is 15.3 Å². The van der Waals surface area contributed by atoms with Crippen LogP contribution in [0.2, 0.25) is 0 Å². The molecule has 0 unspecified atom stereocenters. The van der Waals surface area contributed by atoms with Crippen molar-refractivity contribution in [2.45, 2.75) is 6.54 Å². The summed E-state index contributed by atoms with van der Waals surface area (Å²) in [6.45, 7) is 0.388. The molecule has 0 spiro atoms. The van der Waals surface area contributed by atoms with Crippen LogP contribution < -0.4 is 10.1 Å². The average molecular weight is 293 g/mol. The van der Waals surface area contributed by atoms with E-state index in [4.69, 9.17) is 4.74 Å². The third kappa shape index (κ3) is 2.88. The third-order valence-corrected chi connectivity index (χ3v) is 3.35. The number of nitrogens with one attached hydrogen (secondary N) is 1. The Balaban J connectivity index is 1.75. The number of carbonyl (C=O) groups excluding carboxylic acids is 1. The molecule has 0 radical (unpaired) electrons. The number of benzene rings is 1. The van der Waals surface area contributed by atoms with Gasteiger partial charge in [-0.15, -0.1) is 0 Å². The van der Waals surface area contributed by atoms with Crippen LogP contribution in [0.25, 0.3) is 10.9 Å². The van der Waals surface area contributed by atoms with Crippen molar-refractivity contribution >= 4 is 16.8 Å². The van der Waals surface area contributed by atoms with E-state index >= 15 is 0 Å². The number of carbonyl (C=O) groups is 1. The molecule has 0 aliphatic carbocycles. The van der Waals surface area contributed by atoms with Gasteiger partial charge in [0.1, 0.15) is 11.4 Å². The highest BCUT2D eigenvalue weighted by atomic mass is 16.5. The van der Waals surface area contributed by atoms with Gasteiger partial charge in [0.05, 0.1) is 12.6 Å². The number of methoxy groups -OCH3 is 1. The van der Waals surface area contributed by atoms with Crippen LogP contribution >= 0.6 is 0 Å². The largest absolute Gasteiger partial charge is 0.496 e. The van der Waals surface area contributed by atoms with Crippen molar-refractivity contribution in [2.75, 3.05) is 7.11 Å². The Hall–Kier alpha value is -2.95. The first-order chi connectivity index (χ1) is 10.8. The first-order valence-electron chi connectivity index (χ1n) is 6.89. The standard InChI is InChI=1S/C17H15N3O2/c1-22-16-5-3-2-4-13(16)11-19-17(21)15-7-6-12-10-18-9-8-14(12)20-15/h2-10H,11H2,1H3,(H,19,21). The van der Waals surface area contributed by atoms with Gasteiger partial charge in [-0.2, -0.15) is 0 Å². The quantitative estimate of drug-likeness (QED) is 0.803. The Bertz CT molecular complexity index is 818. The topological polar surface area (TPSA) is 64.1 Å². The molecule has 2 heterocycles. The second-order valence-corrected chi connectivity index (χ2v) is 4.76. The van der Waals surface area contributed by atoms with Crippen molar-refractivity contribution in [3.8, 4) is 5.75 Å². The van der Waals surface area contributed by atoms with Gasteiger partial charge in [-0.05, 0) is 24.3 Å². The predicted octanol–water partition coefficient (Wildman–Crippen LogP) is 2.57. The van der Waals surface area contributed by atoms with Crippen molar-refractivity contribution in [3.05, 3.63) is 66.1 Å². The molecule has 0 atom stereocenters. The molecule has 5 heteroatoms. The zero-order valence-corrected chi connectivity index (χ0v) is 12.1. The zero-order valence-electron chi connectivity index (χ0n) is 12.1. The summed E-state index contributed by atoms with van der Waals surface area (Å²) < 4.78 is 5.27. The molecule has 2 aromatic heterocycles. The van der Waals surface area contributed by atoms with Gasteiger partial charge in [0.15, 0.2) is 0 Å². The summed E-state index contributed by atoms with van der Waals surface area (Å²) in [5.41, 5.74) is 2.05. The maximum Gasteiger partial charge on any atom is 0.270 e. The molecule has 3 aromatic rings. The highest BCUT2D eigenvalue weighted by Gasteiger charge is 2.09. The molecular formula is C17H15N3O2. The van der Waals surface area contributed by atoms with Gasteiger partial charge < -0.3 is 10.1 Å². The molecule has 110 valence electrons. The third-order valence-electron chi connectivity index (χ3n) is 3.35. The number of rotatable bonds is 4. The van der Waals surface area contributed by atoms with Crippen LogP contribution in [-0.2, 0) is 6.54 Å². The summed E-state index contributed by atoms with van der Waals surface area (Å²) >= 11 is 0. The maximum absolute atomic E-state index is 12.2. The van der Waals surface area contributed by atoms with Gasteiger partial charge in [0, 0.05) is 29.9 Å². The molecule has 0 fully saturated rings. The van der Waals surface area contributed by atoms with E-state index in [0.29, 0.717) is 12.2 Å². The number of fused-ring (bicyclic) bond motifs is 1. The van der Waals surface area contributed by atoms with Crippen LogP contribution in [0, 0.1) is 0 Å². The second kappa shape index (κ2) is 6.22. The van der Waals surface area contributed by atoms with Crippen molar-refractivity contribution < 1.29 is 9.53 Å². The fraction of sp³-hybridized carbons (Fsp3) is 0.118. The second-order valence-electron chi connectivity index (χ2n) is 4.76. The minimum atomic E-state index is -0.218. The Morgan fingerprint density at radius 1 is 1.18 bits per heavy atom.